The molecule has 3 N–H and O–H groups in total. The maximum atomic E-state index is 13.2. The number of aromatic nitrogens is 2. The average molecular weight is 482 g/mol. The van der Waals surface area contributed by atoms with Crippen molar-refractivity contribution in [3.8, 4) is 22.7 Å². The van der Waals surface area contributed by atoms with E-state index in [9.17, 15) is 9.59 Å². The second kappa shape index (κ2) is 9.87. The van der Waals surface area contributed by atoms with Gasteiger partial charge in [-0.25, -0.2) is 9.69 Å². The molecule has 0 bridgehead atoms. The summed E-state index contributed by atoms with van der Waals surface area (Å²) in [5.74, 6) is -0.426. The Bertz CT molecular complexity index is 1250. The van der Waals surface area contributed by atoms with E-state index in [0.29, 0.717) is 33.3 Å². The zero-order valence-electron chi connectivity index (χ0n) is 19.5. The first-order valence-electron chi connectivity index (χ1n) is 11.2. The number of halogens is 1. The van der Waals surface area contributed by atoms with E-state index in [1.165, 1.54) is 7.11 Å². The summed E-state index contributed by atoms with van der Waals surface area (Å²) in [6.07, 6.45) is 3.22. The first-order chi connectivity index (χ1) is 16.3. The highest BCUT2D eigenvalue weighted by Crippen LogP contribution is 2.35. The van der Waals surface area contributed by atoms with Gasteiger partial charge in [-0.15, -0.1) is 0 Å². The number of nitrogens with two attached hydrogens (primary N) is 1. The van der Waals surface area contributed by atoms with Crippen LogP contribution in [0.5, 0.6) is 5.75 Å². The molecule has 0 spiro atoms. The molecule has 0 unspecified atom stereocenters. The Morgan fingerprint density at radius 3 is 2.47 bits per heavy atom. The topological polar surface area (TPSA) is 102 Å². The lowest BCUT2D eigenvalue weighted by atomic mass is 9.99. The van der Waals surface area contributed by atoms with Gasteiger partial charge in [0, 0.05) is 24.2 Å². The molecule has 8 nitrogen and oxygen atoms in total. The van der Waals surface area contributed by atoms with Gasteiger partial charge < -0.3 is 10.5 Å². The normalized spacial score (nSPS) is 14.1. The zero-order valence-corrected chi connectivity index (χ0v) is 20.3. The zero-order chi connectivity index (χ0) is 24.4. The molecular weight excluding hydrogens is 454 g/mol. The molecule has 1 aromatic heterocycles. The lowest BCUT2D eigenvalue weighted by molar-refractivity contribution is 0.0743. The molecule has 1 fully saturated rings. The van der Waals surface area contributed by atoms with Gasteiger partial charge in [-0.3, -0.25) is 15.0 Å². The fraction of sp³-hybridized carbons (Fsp3) is 0.320. The smallest absolute Gasteiger partial charge is 0.286 e. The molecule has 2 amide bonds. The van der Waals surface area contributed by atoms with Crippen LogP contribution in [0.3, 0.4) is 0 Å². The number of methoxy groups -OCH3 is 1. The number of nitrogens with zero attached hydrogens (tertiary/aromatic N) is 3. The van der Waals surface area contributed by atoms with Gasteiger partial charge in [-0.05, 0) is 62.6 Å². The number of ether oxygens (including phenoxy) is 1. The first-order valence-corrected chi connectivity index (χ1v) is 11.6. The summed E-state index contributed by atoms with van der Waals surface area (Å²) in [6.45, 7) is 5.34. The number of hydrogen-bond donors (Lipinski definition) is 2. The highest BCUT2D eigenvalue weighted by atomic mass is 35.5. The van der Waals surface area contributed by atoms with Crippen molar-refractivity contribution in [2.75, 3.05) is 20.2 Å². The molecule has 0 aliphatic carbocycles. The predicted molar refractivity (Wildman–Crippen MR) is 131 cm³/mol. The van der Waals surface area contributed by atoms with Gasteiger partial charge in [0.05, 0.1) is 29.1 Å². The van der Waals surface area contributed by atoms with Crippen LogP contribution >= 0.6 is 11.6 Å². The van der Waals surface area contributed by atoms with Crippen molar-refractivity contribution in [1.29, 1.82) is 0 Å². The second-order valence-corrected chi connectivity index (χ2v) is 8.86. The molecular formula is C25H28ClN5O3. The number of hydrazine groups is 1. The van der Waals surface area contributed by atoms with Crippen molar-refractivity contribution in [3.05, 3.63) is 63.8 Å². The fourth-order valence-corrected chi connectivity index (χ4v) is 4.56. The largest absolute Gasteiger partial charge is 0.497 e. The Hall–Kier alpha value is -3.36. The Morgan fingerprint density at radius 1 is 1.09 bits per heavy atom. The summed E-state index contributed by atoms with van der Waals surface area (Å²) in [6, 6.07) is 10.6. The number of piperidine rings is 1. The minimum absolute atomic E-state index is 0.253. The molecule has 1 aliphatic heterocycles. The number of hydrogen-bond acceptors (Lipinski definition) is 5. The van der Waals surface area contributed by atoms with E-state index in [0.717, 1.165) is 37.9 Å². The molecule has 1 saturated heterocycles. The number of aryl methyl sites for hydroxylation is 1. The number of carbonyl (C=O) groups is 2. The molecule has 34 heavy (non-hydrogen) atoms. The van der Waals surface area contributed by atoms with Crippen molar-refractivity contribution in [3.63, 3.8) is 0 Å². The monoisotopic (exact) mass is 481 g/mol. The molecule has 9 heteroatoms. The molecule has 0 saturated carbocycles. The molecule has 2 aromatic carbocycles. The summed E-state index contributed by atoms with van der Waals surface area (Å²) < 4.78 is 6.89. The minimum atomic E-state index is -0.615. The van der Waals surface area contributed by atoms with Gasteiger partial charge in [-0.2, -0.15) is 5.10 Å². The standard InChI is InChI=1S/C25H28ClN5O3/c1-15-7-10-21(20(26)13-15)31-23(18-9-8-17(34-3)14-19(18)24(27)32)16(2)22(28-31)25(33)29-30-11-5-4-6-12-30/h7-10,13-14H,4-6,11-12H2,1-3H3,(H2,27,32)(H,29,33). The first kappa shape index (κ1) is 23.8. The molecule has 1 aliphatic rings. The van der Waals surface area contributed by atoms with Crippen LogP contribution in [0.2, 0.25) is 5.02 Å². The van der Waals surface area contributed by atoms with Crippen LogP contribution in [0.1, 0.15) is 51.2 Å². The molecule has 4 rings (SSSR count). The van der Waals surface area contributed by atoms with Crippen molar-refractivity contribution in [1.82, 2.24) is 20.2 Å². The minimum Gasteiger partial charge on any atom is -0.497 e. The van der Waals surface area contributed by atoms with Crippen LogP contribution in [0.15, 0.2) is 36.4 Å². The molecule has 0 radical (unpaired) electrons. The summed E-state index contributed by atoms with van der Waals surface area (Å²) in [5.41, 5.74) is 12.5. The number of nitrogens with one attached hydrogen (secondary N) is 1. The van der Waals surface area contributed by atoms with Gasteiger partial charge in [0.2, 0.25) is 5.91 Å². The van der Waals surface area contributed by atoms with Crippen molar-refractivity contribution >= 4 is 23.4 Å². The van der Waals surface area contributed by atoms with Crippen LogP contribution in [0.25, 0.3) is 16.9 Å². The van der Waals surface area contributed by atoms with E-state index in [1.807, 2.05) is 30.1 Å². The summed E-state index contributed by atoms with van der Waals surface area (Å²) in [5, 5.41) is 7.06. The quantitative estimate of drug-likeness (QED) is 0.553. The molecule has 0 atom stereocenters. The van der Waals surface area contributed by atoms with E-state index in [4.69, 9.17) is 22.1 Å². The number of benzene rings is 2. The van der Waals surface area contributed by atoms with E-state index in [-0.39, 0.29) is 17.2 Å². The highest BCUT2D eigenvalue weighted by molar-refractivity contribution is 6.32. The van der Waals surface area contributed by atoms with E-state index in [1.54, 1.807) is 29.8 Å². The molecule has 178 valence electrons. The fourth-order valence-electron chi connectivity index (χ4n) is 4.25. The SMILES string of the molecule is COc1ccc(-c2c(C)c(C(=O)NN3CCCCC3)nn2-c2ccc(C)cc2Cl)c(C(N)=O)c1. The van der Waals surface area contributed by atoms with Crippen LogP contribution in [-0.2, 0) is 0 Å². The van der Waals surface area contributed by atoms with Crippen molar-refractivity contribution < 1.29 is 14.3 Å². The number of carbonyl (C=O) groups excluding carboxylic acids is 2. The Labute approximate surface area is 203 Å². The third-order valence-corrected chi connectivity index (χ3v) is 6.33. The number of amides is 2. The Morgan fingerprint density at radius 2 is 1.82 bits per heavy atom. The van der Waals surface area contributed by atoms with Crippen LogP contribution in [0.4, 0.5) is 0 Å². The van der Waals surface area contributed by atoms with Crippen LogP contribution < -0.4 is 15.9 Å². The van der Waals surface area contributed by atoms with Gasteiger partial charge in [-0.1, -0.05) is 24.1 Å². The summed E-state index contributed by atoms with van der Waals surface area (Å²) >= 11 is 6.59. The number of rotatable bonds is 6. The lowest BCUT2D eigenvalue weighted by Crippen LogP contribution is -2.45. The summed E-state index contributed by atoms with van der Waals surface area (Å²) in [7, 11) is 1.52. The van der Waals surface area contributed by atoms with Crippen molar-refractivity contribution in [2.24, 2.45) is 5.73 Å². The average Bonchev–Trinajstić information content (AvgIpc) is 3.16. The van der Waals surface area contributed by atoms with Gasteiger partial charge in [0.1, 0.15) is 5.75 Å². The Balaban J connectivity index is 1.89. The van der Waals surface area contributed by atoms with E-state index < -0.39 is 5.91 Å². The maximum Gasteiger partial charge on any atom is 0.286 e. The van der Waals surface area contributed by atoms with Crippen molar-refractivity contribution in [2.45, 2.75) is 33.1 Å². The maximum absolute atomic E-state index is 13.2. The molecule has 2 heterocycles. The number of primary amides is 1. The van der Waals surface area contributed by atoms with E-state index >= 15 is 0 Å². The van der Waals surface area contributed by atoms with Gasteiger partial charge in [0.15, 0.2) is 5.69 Å². The van der Waals surface area contributed by atoms with Gasteiger partial charge in [0.25, 0.3) is 5.91 Å². The van der Waals surface area contributed by atoms with E-state index in [2.05, 4.69) is 10.5 Å². The molecule has 3 aromatic rings. The predicted octanol–water partition coefficient (Wildman–Crippen LogP) is 4.05. The highest BCUT2D eigenvalue weighted by Gasteiger charge is 2.27. The second-order valence-electron chi connectivity index (χ2n) is 8.45. The van der Waals surface area contributed by atoms with Crippen LogP contribution in [0, 0.1) is 13.8 Å². The third kappa shape index (κ3) is 4.64. The lowest BCUT2D eigenvalue weighted by Gasteiger charge is -2.26. The van der Waals surface area contributed by atoms with Crippen LogP contribution in [-0.4, -0.2) is 46.8 Å². The summed E-state index contributed by atoms with van der Waals surface area (Å²) in [4.78, 5) is 25.6. The third-order valence-electron chi connectivity index (χ3n) is 6.03. The Kier molecular flexibility index (Phi) is 6.90. The van der Waals surface area contributed by atoms with Gasteiger partial charge >= 0.3 is 0 Å².